The number of hydrogen-bond donors (Lipinski definition) is 13. The van der Waals surface area contributed by atoms with Crippen molar-refractivity contribution >= 4 is 70.6 Å². The van der Waals surface area contributed by atoms with E-state index in [0.717, 1.165) is 32.6 Å². The molecule has 19 N–H and O–H groups in total. The number of nitrogens with two attached hydrogens (primary N) is 6. The second kappa shape index (κ2) is 45.4. The van der Waals surface area contributed by atoms with Gasteiger partial charge < -0.3 is 71.0 Å². The number of aliphatic hydroxyl groups is 2. The number of carboxylic acids is 1. The number of unbranched alkanes of at least 4 members (excludes halogenated alkanes) is 13. The number of aliphatic imine (C=N–C) groups is 2. The van der Waals surface area contributed by atoms with Crippen molar-refractivity contribution in [2.45, 2.75) is 225 Å². The minimum atomic E-state index is -1.74. The molecule has 0 heterocycles. The Labute approximate surface area is 485 Å². The molecule has 0 spiro atoms. The molecule has 5 amide bonds. The van der Waals surface area contributed by atoms with Gasteiger partial charge in [-0.25, -0.2) is 0 Å². The molecule has 470 valence electrons. The van der Waals surface area contributed by atoms with Crippen LogP contribution in [0.5, 0.6) is 0 Å². The summed E-state index contributed by atoms with van der Waals surface area (Å²) in [5.74, 6) is -13.6. The first-order valence-corrected chi connectivity index (χ1v) is 29.7. The van der Waals surface area contributed by atoms with E-state index in [1.807, 2.05) is 0 Å². The molecule has 0 aromatic heterocycles. The van der Waals surface area contributed by atoms with Crippen molar-refractivity contribution in [1.82, 2.24) is 21.3 Å². The van der Waals surface area contributed by atoms with Gasteiger partial charge in [0, 0.05) is 57.0 Å². The second-order valence-corrected chi connectivity index (χ2v) is 22.2. The molecule has 82 heavy (non-hydrogen) atoms. The summed E-state index contributed by atoms with van der Waals surface area (Å²) in [6.07, 6.45) is 12.3. The Kier molecular flexibility index (Phi) is 42.1. The quantitative estimate of drug-likeness (QED) is 0.0235. The Morgan fingerprint density at radius 1 is 0.512 bits per heavy atom. The second-order valence-electron chi connectivity index (χ2n) is 22.2. The van der Waals surface area contributed by atoms with Crippen LogP contribution in [0, 0.1) is 29.6 Å². The molecular formula is C57H104N12O13. The monoisotopic (exact) mass is 1160 g/mol. The number of aliphatic carboxylic acids is 1. The lowest BCUT2D eigenvalue weighted by Gasteiger charge is -2.27. The van der Waals surface area contributed by atoms with Gasteiger partial charge in [0.1, 0.15) is 6.04 Å². The lowest BCUT2D eigenvalue weighted by atomic mass is 9.87. The molecule has 25 heteroatoms. The number of hydrogen-bond acceptors (Lipinski definition) is 15. The van der Waals surface area contributed by atoms with Crippen molar-refractivity contribution in [1.29, 1.82) is 0 Å². The third-order valence-electron chi connectivity index (χ3n) is 14.2. The topological polar surface area (TPSA) is 460 Å². The summed E-state index contributed by atoms with van der Waals surface area (Å²) in [5.41, 5.74) is 33.2. The molecule has 8 atom stereocenters. The maximum atomic E-state index is 14.3. The van der Waals surface area contributed by atoms with E-state index in [2.05, 4.69) is 38.2 Å². The summed E-state index contributed by atoms with van der Waals surface area (Å²) >= 11 is 0. The van der Waals surface area contributed by atoms with E-state index >= 15 is 0 Å². The van der Waals surface area contributed by atoms with Gasteiger partial charge in [0.15, 0.2) is 35.1 Å². The summed E-state index contributed by atoms with van der Waals surface area (Å²) in [6, 6.07) is -4.27. The predicted octanol–water partition coefficient (Wildman–Crippen LogP) is 1.96. The first-order valence-electron chi connectivity index (χ1n) is 29.7. The largest absolute Gasteiger partial charge is 0.481 e. The molecule has 0 rings (SSSR count). The van der Waals surface area contributed by atoms with Crippen LogP contribution in [0.4, 0.5) is 0 Å². The number of rotatable bonds is 52. The molecule has 25 nitrogen and oxygen atoms in total. The van der Waals surface area contributed by atoms with E-state index < -0.39 is 139 Å². The molecule has 0 aliphatic carbocycles. The number of amides is 5. The van der Waals surface area contributed by atoms with Crippen LogP contribution < -0.4 is 55.7 Å². The van der Waals surface area contributed by atoms with Crippen LogP contribution in [-0.4, -0.2) is 143 Å². The van der Waals surface area contributed by atoms with Crippen molar-refractivity contribution < 1.29 is 63.3 Å². The van der Waals surface area contributed by atoms with Crippen LogP contribution in [0.15, 0.2) is 9.98 Å². The molecule has 0 aromatic rings. The van der Waals surface area contributed by atoms with Crippen molar-refractivity contribution in [2.24, 2.45) is 74.0 Å². The number of carbonyl (C=O) groups excluding carboxylic acids is 9. The van der Waals surface area contributed by atoms with Crippen LogP contribution in [0.1, 0.15) is 201 Å². The molecule has 0 saturated carbocycles. The Balaban J connectivity index is 6.12. The van der Waals surface area contributed by atoms with Gasteiger partial charge in [-0.05, 0) is 70.8 Å². The van der Waals surface area contributed by atoms with E-state index in [0.29, 0.717) is 32.2 Å². The summed E-state index contributed by atoms with van der Waals surface area (Å²) in [4.78, 5) is 141. The van der Waals surface area contributed by atoms with Crippen molar-refractivity contribution in [3.63, 3.8) is 0 Å². The standard InChI is InChI=1S/C57H104N12O13/c1-5-6-7-8-9-10-11-12-13-14-15-16-17-25-49(76)66-35-43(72)30-42(36-70)55(82)69-51(38(4)71)48(75)33-41(34-50(77)78)54(81)68-45(24-21-28-65-57(62)63)47(74)32-40(29-37(2)3)53(80)67-44(23-20-27-64-56(60)61)46(73)31-39(52(59)79)22-18-19-26-58/h37-42,44-45,51,70-71H,5-36,58H2,1-4H3,(H2,59,79)(H,66,76)(H,67,80)(H,68,81)(H,69,82)(H,77,78)(H4,60,61,64)(H4,62,63,65)/t38-,39-,40-,41+,42+,44+,45+,51+/m1/s1. The fraction of sp³-hybridized carbons (Fsp3) is 0.789. The number of carboxylic acid groups (broad SMARTS) is 1. The fourth-order valence-corrected chi connectivity index (χ4v) is 9.47. The van der Waals surface area contributed by atoms with Crippen LogP contribution in [0.2, 0.25) is 0 Å². The van der Waals surface area contributed by atoms with Crippen molar-refractivity contribution in [3.05, 3.63) is 0 Å². The highest BCUT2D eigenvalue weighted by atomic mass is 16.4. The van der Waals surface area contributed by atoms with Gasteiger partial charge in [-0.15, -0.1) is 0 Å². The number of nitrogens with zero attached hydrogens (tertiary/aromatic N) is 2. The highest BCUT2D eigenvalue weighted by molar-refractivity contribution is 5.98. The van der Waals surface area contributed by atoms with Gasteiger partial charge >= 0.3 is 5.97 Å². The fourth-order valence-electron chi connectivity index (χ4n) is 9.47. The highest BCUT2D eigenvalue weighted by Crippen LogP contribution is 2.23. The maximum absolute atomic E-state index is 14.3. The SMILES string of the molecule is CCCCCCCCCCCCCCCC(=O)NCC(=O)C[C@@H](CO)C(=O)N[C@H](C(=O)C[C@@H](CC(=O)O)C(=O)N[C@@H](CCCN=C(N)N)C(=O)C[C@@H](CC(C)C)C(=O)N[C@@H](CCCN=C(N)N)C(=O)C[C@@H](CCCCN)C(N)=O)[C@@H](C)O. The van der Waals surface area contributed by atoms with E-state index in [1.54, 1.807) is 13.8 Å². The van der Waals surface area contributed by atoms with Crippen LogP contribution >= 0.6 is 0 Å². The van der Waals surface area contributed by atoms with Gasteiger partial charge in [-0.3, -0.25) is 57.9 Å². The zero-order chi connectivity index (χ0) is 62.0. The first-order chi connectivity index (χ1) is 38.9. The Morgan fingerprint density at radius 2 is 0.976 bits per heavy atom. The average molecular weight is 1170 g/mol. The number of nitrogens with one attached hydrogen (secondary N) is 4. The minimum Gasteiger partial charge on any atom is -0.481 e. The average Bonchev–Trinajstić information content (AvgIpc) is 3.49. The Bertz CT molecular complexity index is 2010. The lowest BCUT2D eigenvalue weighted by Crippen LogP contribution is -2.52. The third kappa shape index (κ3) is 37.1. The summed E-state index contributed by atoms with van der Waals surface area (Å²) < 4.78 is 0. The molecule has 0 bridgehead atoms. The Morgan fingerprint density at radius 3 is 1.41 bits per heavy atom. The van der Waals surface area contributed by atoms with E-state index in [4.69, 9.17) is 34.4 Å². The zero-order valence-corrected chi connectivity index (χ0v) is 49.6. The number of carbonyl (C=O) groups is 10. The van der Waals surface area contributed by atoms with E-state index in [-0.39, 0.29) is 81.8 Å². The zero-order valence-electron chi connectivity index (χ0n) is 49.6. The molecule has 0 unspecified atom stereocenters. The Hall–Kier alpha value is -6.08. The predicted molar refractivity (Wildman–Crippen MR) is 314 cm³/mol. The van der Waals surface area contributed by atoms with Crippen molar-refractivity contribution in [3.8, 4) is 0 Å². The molecule has 0 aliphatic heterocycles. The summed E-state index contributed by atoms with van der Waals surface area (Å²) in [7, 11) is 0. The van der Waals surface area contributed by atoms with Gasteiger partial charge in [-0.1, -0.05) is 104 Å². The van der Waals surface area contributed by atoms with Gasteiger partial charge in [0.25, 0.3) is 0 Å². The van der Waals surface area contributed by atoms with Crippen LogP contribution in [-0.2, 0) is 47.9 Å². The molecular weight excluding hydrogens is 1060 g/mol. The number of guanidine groups is 2. The number of primary amides is 1. The smallest absolute Gasteiger partial charge is 0.304 e. The molecule has 0 aromatic carbocycles. The van der Waals surface area contributed by atoms with Gasteiger partial charge in [0.05, 0.1) is 49.6 Å². The maximum Gasteiger partial charge on any atom is 0.304 e. The summed E-state index contributed by atoms with van der Waals surface area (Å²) in [6.45, 7) is 6.21. The minimum absolute atomic E-state index is 0.00145. The van der Waals surface area contributed by atoms with Crippen LogP contribution in [0.3, 0.4) is 0 Å². The molecule has 0 fully saturated rings. The molecule has 0 aliphatic rings. The van der Waals surface area contributed by atoms with E-state index in [1.165, 1.54) is 51.4 Å². The lowest BCUT2D eigenvalue weighted by molar-refractivity contribution is -0.143. The van der Waals surface area contributed by atoms with Crippen molar-refractivity contribution in [2.75, 3.05) is 32.8 Å². The summed E-state index contributed by atoms with van der Waals surface area (Å²) in [5, 5.41) is 40.8. The number of Topliss-reactive ketones (excluding diaryl/α,β-unsaturated/α-hetero) is 4. The first kappa shape index (κ1) is 75.9. The van der Waals surface area contributed by atoms with Gasteiger partial charge in [0.2, 0.25) is 29.5 Å². The molecule has 0 radical (unpaired) electrons. The normalized spacial score (nSPS) is 14.1. The highest BCUT2D eigenvalue weighted by Gasteiger charge is 2.36. The number of ketones is 4. The third-order valence-corrected chi connectivity index (χ3v) is 14.2. The van der Waals surface area contributed by atoms with E-state index in [9.17, 15) is 63.3 Å². The number of aliphatic hydroxyl groups excluding tert-OH is 2. The van der Waals surface area contributed by atoms with Gasteiger partial charge in [-0.2, -0.15) is 0 Å². The van der Waals surface area contributed by atoms with Crippen LogP contribution in [0.25, 0.3) is 0 Å². The molecule has 0 saturated heterocycles.